The largest absolute Gasteiger partial charge is 0.375 e. The molecule has 0 aliphatic rings. The number of nitrogens with one attached hydrogen (secondary N) is 1. The first-order valence-corrected chi connectivity index (χ1v) is 6.94. The second-order valence-corrected chi connectivity index (χ2v) is 4.89. The zero-order valence-corrected chi connectivity index (χ0v) is 12.1. The zero-order chi connectivity index (χ0) is 15.0. The average molecular weight is 310 g/mol. The summed E-state index contributed by atoms with van der Waals surface area (Å²) in [7, 11) is 0. The van der Waals surface area contributed by atoms with Crippen LogP contribution in [0.15, 0.2) is 18.2 Å². The molecule has 0 aromatic heterocycles. The molecule has 1 unspecified atom stereocenters. The van der Waals surface area contributed by atoms with E-state index >= 15 is 0 Å². The summed E-state index contributed by atoms with van der Waals surface area (Å²) in [6.45, 7) is 2.29. The van der Waals surface area contributed by atoms with E-state index in [1.165, 1.54) is 12.1 Å². The molecule has 1 atom stereocenters. The number of ether oxygens (including phenoxy) is 1. The predicted octanol–water partition coefficient (Wildman–Crippen LogP) is 3.67. The van der Waals surface area contributed by atoms with E-state index in [0.29, 0.717) is 30.0 Å². The van der Waals surface area contributed by atoms with Gasteiger partial charge >= 0.3 is 0 Å². The highest BCUT2D eigenvalue weighted by atomic mass is 35.5. The monoisotopic (exact) mass is 309 g/mol. The lowest BCUT2D eigenvalue weighted by atomic mass is 10.0. The van der Waals surface area contributed by atoms with Gasteiger partial charge in [-0.1, -0.05) is 18.5 Å². The minimum absolute atomic E-state index is 0.0364. The summed E-state index contributed by atoms with van der Waals surface area (Å²) in [5, 5.41) is 3.67. The van der Waals surface area contributed by atoms with Crippen molar-refractivity contribution in [2.24, 2.45) is 0 Å². The molecule has 114 valence electrons. The minimum atomic E-state index is -2.46. The van der Waals surface area contributed by atoms with Crippen molar-refractivity contribution < 1.29 is 17.9 Å². The van der Waals surface area contributed by atoms with Crippen LogP contribution in [-0.2, 0) is 11.2 Å². The number of hydrogen-bond donors (Lipinski definition) is 1. The Morgan fingerprint density at radius 1 is 1.35 bits per heavy atom. The van der Waals surface area contributed by atoms with Crippen LogP contribution in [-0.4, -0.2) is 32.2 Å². The summed E-state index contributed by atoms with van der Waals surface area (Å²) in [6, 6.07) is 4.37. The fraction of sp³-hybridized carbons (Fsp3) is 0.571. The third-order valence-corrected chi connectivity index (χ3v) is 3.06. The minimum Gasteiger partial charge on any atom is -0.375 e. The maximum Gasteiger partial charge on any atom is 0.261 e. The molecular formula is C14H19ClF3NO. The Hall–Kier alpha value is -0.780. The zero-order valence-electron chi connectivity index (χ0n) is 11.3. The van der Waals surface area contributed by atoms with Gasteiger partial charge in [0, 0.05) is 17.7 Å². The van der Waals surface area contributed by atoms with Crippen LogP contribution in [0.25, 0.3) is 0 Å². The lowest BCUT2D eigenvalue weighted by molar-refractivity contribution is 0.0144. The third kappa shape index (κ3) is 6.59. The SMILES string of the molecule is CCNC(CCOCC(F)F)Cc1cc(Cl)ccc1F. The van der Waals surface area contributed by atoms with Crippen LogP contribution in [0.2, 0.25) is 5.02 Å². The molecule has 0 aliphatic carbocycles. The Labute approximate surface area is 122 Å². The number of benzene rings is 1. The third-order valence-electron chi connectivity index (χ3n) is 2.82. The molecule has 0 fully saturated rings. The van der Waals surface area contributed by atoms with Gasteiger partial charge in [-0.3, -0.25) is 0 Å². The summed E-state index contributed by atoms with van der Waals surface area (Å²) < 4.78 is 42.4. The fourth-order valence-electron chi connectivity index (χ4n) is 1.93. The van der Waals surface area contributed by atoms with E-state index in [-0.39, 0.29) is 18.5 Å². The van der Waals surface area contributed by atoms with Gasteiger partial charge in [0.05, 0.1) is 0 Å². The van der Waals surface area contributed by atoms with E-state index in [0.717, 1.165) is 0 Å². The number of halogens is 4. The molecule has 1 aromatic rings. The first-order valence-electron chi connectivity index (χ1n) is 6.56. The van der Waals surface area contributed by atoms with Gasteiger partial charge < -0.3 is 10.1 Å². The predicted molar refractivity (Wildman–Crippen MR) is 74.0 cm³/mol. The van der Waals surface area contributed by atoms with E-state index in [2.05, 4.69) is 5.32 Å². The summed E-state index contributed by atoms with van der Waals surface area (Å²) in [6.07, 6.45) is -1.48. The molecule has 0 saturated carbocycles. The first-order chi connectivity index (χ1) is 9.52. The highest BCUT2D eigenvalue weighted by molar-refractivity contribution is 6.30. The van der Waals surface area contributed by atoms with Crippen molar-refractivity contribution >= 4 is 11.6 Å². The van der Waals surface area contributed by atoms with Crippen LogP contribution in [0.5, 0.6) is 0 Å². The van der Waals surface area contributed by atoms with Crippen molar-refractivity contribution in [2.45, 2.75) is 32.2 Å². The molecule has 6 heteroatoms. The molecular weight excluding hydrogens is 291 g/mol. The van der Waals surface area contributed by atoms with Crippen molar-refractivity contribution in [3.05, 3.63) is 34.6 Å². The summed E-state index contributed by atoms with van der Waals surface area (Å²) in [5.41, 5.74) is 0.511. The summed E-state index contributed by atoms with van der Waals surface area (Å²) in [5.74, 6) is -0.314. The van der Waals surface area contributed by atoms with Crippen LogP contribution >= 0.6 is 11.6 Å². The van der Waals surface area contributed by atoms with E-state index in [1.54, 1.807) is 6.07 Å². The van der Waals surface area contributed by atoms with Crippen molar-refractivity contribution in [3.63, 3.8) is 0 Å². The Kier molecular flexibility index (Phi) is 7.95. The number of rotatable bonds is 9. The summed E-state index contributed by atoms with van der Waals surface area (Å²) >= 11 is 5.84. The van der Waals surface area contributed by atoms with Gasteiger partial charge in [0.1, 0.15) is 12.4 Å². The molecule has 1 rings (SSSR count). The van der Waals surface area contributed by atoms with Gasteiger partial charge in [-0.2, -0.15) is 0 Å². The van der Waals surface area contributed by atoms with Crippen molar-refractivity contribution in [1.82, 2.24) is 5.32 Å². The Morgan fingerprint density at radius 2 is 2.10 bits per heavy atom. The molecule has 2 nitrogen and oxygen atoms in total. The highest BCUT2D eigenvalue weighted by Crippen LogP contribution is 2.17. The molecule has 1 N–H and O–H groups in total. The van der Waals surface area contributed by atoms with Crippen LogP contribution < -0.4 is 5.32 Å². The first kappa shape index (κ1) is 17.3. The maximum atomic E-state index is 13.6. The molecule has 0 radical (unpaired) electrons. The van der Waals surface area contributed by atoms with Crippen LogP contribution in [0.3, 0.4) is 0 Å². The lowest BCUT2D eigenvalue weighted by Gasteiger charge is -2.18. The van der Waals surface area contributed by atoms with E-state index in [4.69, 9.17) is 16.3 Å². The van der Waals surface area contributed by atoms with Crippen LogP contribution in [0.1, 0.15) is 18.9 Å². The molecule has 0 amide bonds. The topological polar surface area (TPSA) is 21.3 Å². The number of likely N-dealkylation sites (N-methyl/N-ethyl adjacent to an activating group) is 1. The Bertz CT molecular complexity index is 404. The van der Waals surface area contributed by atoms with Crippen LogP contribution in [0, 0.1) is 5.82 Å². The van der Waals surface area contributed by atoms with E-state index in [1.807, 2.05) is 6.92 Å². The second-order valence-electron chi connectivity index (χ2n) is 4.45. The molecule has 0 heterocycles. The number of alkyl halides is 2. The second kappa shape index (κ2) is 9.21. The van der Waals surface area contributed by atoms with Crippen LogP contribution in [0.4, 0.5) is 13.2 Å². The van der Waals surface area contributed by atoms with Gasteiger partial charge in [-0.15, -0.1) is 0 Å². The van der Waals surface area contributed by atoms with Gasteiger partial charge in [-0.05, 0) is 43.1 Å². The molecule has 0 aliphatic heterocycles. The van der Waals surface area contributed by atoms with E-state index in [9.17, 15) is 13.2 Å². The molecule has 0 bridgehead atoms. The average Bonchev–Trinajstić information content (AvgIpc) is 2.39. The smallest absolute Gasteiger partial charge is 0.261 e. The van der Waals surface area contributed by atoms with Gasteiger partial charge in [0.15, 0.2) is 0 Å². The Balaban J connectivity index is 2.51. The van der Waals surface area contributed by atoms with Gasteiger partial charge in [-0.25, -0.2) is 13.2 Å². The number of hydrogen-bond acceptors (Lipinski definition) is 2. The lowest BCUT2D eigenvalue weighted by Crippen LogP contribution is -2.32. The fourth-order valence-corrected chi connectivity index (χ4v) is 2.12. The highest BCUT2D eigenvalue weighted by Gasteiger charge is 2.12. The molecule has 1 aromatic carbocycles. The van der Waals surface area contributed by atoms with E-state index < -0.39 is 13.0 Å². The van der Waals surface area contributed by atoms with Crippen molar-refractivity contribution in [1.29, 1.82) is 0 Å². The maximum absolute atomic E-state index is 13.6. The molecule has 20 heavy (non-hydrogen) atoms. The van der Waals surface area contributed by atoms with Gasteiger partial charge in [0.2, 0.25) is 0 Å². The Morgan fingerprint density at radius 3 is 2.75 bits per heavy atom. The van der Waals surface area contributed by atoms with Gasteiger partial charge in [0.25, 0.3) is 6.43 Å². The van der Waals surface area contributed by atoms with Crippen molar-refractivity contribution in [3.8, 4) is 0 Å². The summed E-state index contributed by atoms with van der Waals surface area (Å²) in [4.78, 5) is 0. The standard InChI is InChI=1S/C14H19ClF3NO/c1-2-19-12(5-6-20-9-14(17)18)8-10-7-11(15)3-4-13(10)16/h3-4,7,12,14,19H,2,5-6,8-9H2,1H3. The quantitative estimate of drug-likeness (QED) is 0.703. The normalized spacial score (nSPS) is 12.9. The molecule has 0 spiro atoms. The molecule has 0 saturated heterocycles. The van der Waals surface area contributed by atoms with Crippen molar-refractivity contribution in [2.75, 3.05) is 19.8 Å².